The minimum absolute atomic E-state index is 0.204. The van der Waals surface area contributed by atoms with Crippen LogP contribution in [-0.2, 0) is 0 Å². The predicted molar refractivity (Wildman–Crippen MR) is 45.5 cm³/mol. The van der Waals surface area contributed by atoms with Gasteiger partial charge in [0.2, 0.25) is 0 Å². The third-order valence-corrected chi connectivity index (χ3v) is 1.94. The van der Waals surface area contributed by atoms with Gasteiger partial charge in [-0.3, -0.25) is 0 Å². The highest BCUT2D eigenvalue weighted by Gasteiger charge is 2.05. The maximum Gasteiger partial charge on any atom is 0.0584 e. The number of rotatable bonds is 6. The molecule has 0 radical (unpaired) electrons. The van der Waals surface area contributed by atoms with E-state index in [1.165, 1.54) is 0 Å². The van der Waals surface area contributed by atoms with E-state index in [0.29, 0.717) is 0 Å². The first-order valence-electron chi connectivity index (χ1n) is 4.14. The molecule has 0 aliphatic rings. The average molecular weight is 161 g/mol. The zero-order valence-corrected chi connectivity index (χ0v) is 7.45. The number of likely N-dealkylation sites (N-methyl/N-ethyl adjacent to an activating group) is 1. The summed E-state index contributed by atoms with van der Waals surface area (Å²) in [7, 11) is 1.98. The Labute approximate surface area is 68.6 Å². The SMILES string of the molecule is CC(CO)N(C)CCCCO. The maximum absolute atomic E-state index is 8.77. The smallest absolute Gasteiger partial charge is 0.0584 e. The van der Waals surface area contributed by atoms with Crippen LogP contribution in [0.15, 0.2) is 0 Å². The molecule has 1 atom stereocenters. The fourth-order valence-corrected chi connectivity index (χ4v) is 0.833. The summed E-state index contributed by atoms with van der Waals surface area (Å²) < 4.78 is 0. The van der Waals surface area contributed by atoms with E-state index in [1.54, 1.807) is 0 Å². The van der Waals surface area contributed by atoms with Crippen molar-refractivity contribution in [2.45, 2.75) is 25.8 Å². The second kappa shape index (κ2) is 6.58. The van der Waals surface area contributed by atoms with Crippen molar-refractivity contribution < 1.29 is 10.2 Å². The molecular weight excluding hydrogens is 142 g/mol. The largest absolute Gasteiger partial charge is 0.396 e. The fourth-order valence-electron chi connectivity index (χ4n) is 0.833. The van der Waals surface area contributed by atoms with Crippen LogP contribution in [0, 0.1) is 0 Å². The average Bonchev–Trinajstić information content (AvgIpc) is 2.03. The number of nitrogens with zero attached hydrogens (tertiary/aromatic N) is 1. The number of unbranched alkanes of at least 4 members (excludes halogenated alkanes) is 1. The Bertz CT molecular complexity index is 88.2. The molecule has 0 aromatic carbocycles. The normalized spacial score (nSPS) is 13.9. The summed E-state index contributed by atoms with van der Waals surface area (Å²) in [4.78, 5) is 2.09. The van der Waals surface area contributed by atoms with Crippen molar-refractivity contribution in [1.29, 1.82) is 0 Å². The standard InChI is InChI=1S/C8H19NO2/c1-8(7-11)9(2)5-3-4-6-10/h8,10-11H,3-7H2,1-2H3. The van der Waals surface area contributed by atoms with Gasteiger partial charge in [0.25, 0.3) is 0 Å². The van der Waals surface area contributed by atoms with Crippen LogP contribution in [0.4, 0.5) is 0 Å². The molecule has 0 spiro atoms. The van der Waals surface area contributed by atoms with Gasteiger partial charge in [0.15, 0.2) is 0 Å². The van der Waals surface area contributed by atoms with Gasteiger partial charge >= 0.3 is 0 Å². The fraction of sp³-hybridized carbons (Fsp3) is 1.00. The first-order valence-corrected chi connectivity index (χ1v) is 4.14. The summed E-state index contributed by atoms with van der Waals surface area (Å²) in [6, 6.07) is 0.230. The lowest BCUT2D eigenvalue weighted by Crippen LogP contribution is -2.32. The Morgan fingerprint density at radius 2 is 1.91 bits per heavy atom. The van der Waals surface area contributed by atoms with Gasteiger partial charge in [-0.05, 0) is 33.4 Å². The van der Waals surface area contributed by atoms with E-state index in [0.717, 1.165) is 19.4 Å². The molecule has 0 saturated carbocycles. The highest BCUT2D eigenvalue weighted by molar-refractivity contribution is 4.60. The van der Waals surface area contributed by atoms with Crippen molar-refractivity contribution in [1.82, 2.24) is 4.90 Å². The molecule has 3 nitrogen and oxygen atoms in total. The number of hydrogen-bond acceptors (Lipinski definition) is 3. The van der Waals surface area contributed by atoms with Crippen molar-refractivity contribution in [2.24, 2.45) is 0 Å². The van der Waals surface area contributed by atoms with Crippen LogP contribution in [0.5, 0.6) is 0 Å². The topological polar surface area (TPSA) is 43.7 Å². The highest BCUT2D eigenvalue weighted by atomic mass is 16.3. The quantitative estimate of drug-likeness (QED) is 0.542. The molecule has 0 amide bonds. The zero-order chi connectivity index (χ0) is 8.69. The van der Waals surface area contributed by atoms with Crippen LogP contribution < -0.4 is 0 Å². The van der Waals surface area contributed by atoms with Gasteiger partial charge in [-0.15, -0.1) is 0 Å². The number of aliphatic hydroxyl groups is 2. The van der Waals surface area contributed by atoms with Gasteiger partial charge in [-0.25, -0.2) is 0 Å². The summed E-state index contributed by atoms with van der Waals surface area (Å²) in [6.07, 6.45) is 1.85. The van der Waals surface area contributed by atoms with E-state index < -0.39 is 0 Å². The predicted octanol–water partition coefficient (Wildman–Crippen LogP) is 0.0715. The second-order valence-electron chi connectivity index (χ2n) is 2.94. The minimum atomic E-state index is 0.204. The van der Waals surface area contributed by atoms with Crippen LogP contribution in [-0.4, -0.2) is 48.0 Å². The van der Waals surface area contributed by atoms with Crippen molar-refractivity contribution in [2.75, 3.05) is 26.8 Å². The van der Waals surface area contributed by atoms with Crippen molar-refractivity contribution in [3.63, 3.8) is 0 Å². The van der Waals surface area contributed by atoms with Crippen LogP contribution in [0.25, 0.3) is 0 Å². The molecule has 0 aromatic heterocycles. The van der Waals surface area contributed by atoms with Gasteiger partial charge in [0, 0.05) is 12.6 Å². The van der Waals surface area contributed by atoms with Crippen LogP contribution >= 0.6 is 0 Å². The van der Waals surface area contributed by atoms with Crippen molar-refractivity contribution in [3.05, 3.63) is 0 Å². The summed E-state index contributed by atoms with van der Waals surface area (Å²) in [5.74, 6) is 0. The molecule has 0 saturated heterocycles. The van der Waals surface area contributed by atoms with E-state index in [9.17, 15) is 0 Å². The van der Waals surface area contributed by atoms with Crippen LogP contribution in [0.2, 0.25) is 0 Å². The first kappa shape index (κ1) is 10.9. The van der Waals surface area contributed by atoms with Gasteiger partial charge in [-0.2, -0.15) is 0 Å². The van der Waals surface area contributed by atoms with Gasteiger partial charge in [0.1, 0.15) is 0 Å². The second-order valence-corrected chi connectivity index (χ2v) is 2.94. The zero-order valence-electron chi connectivity index (χ0n) is 7.45. The lowest BCUT2D eigenvalue weighted by molar-refractivity contribution is 0.154. The molecule has 0 heterocycles. The van der Waals surface area contributed by atoms with Crippen molar-refractivity contribution >= 4 is 0 Å². The Morgan fingerprint density at radius 3 is 2.36 bits per heavy atom. The molecule has 2 N–H and O–H groups in total. The summed E-state index contributed by atoms with van der Waals surface area (Å²) in [6.45, 7) is 3.40. The molecular formula is C8H19NO2. The Balaban J connectivity index is 3.28. The van der Waals surface area contributed by atoms with Gasteiger partial charge in [-0.1, -0.05) is 0 Å². The molecule has 68 valence electrons. The summed E-state index contributed by atoms with van der Waals surface area (Å²) in [5.41, 5.74) is 0. The Hall–Kier alpha value is -0.120. The first-order chi connectivity index (χ1) is 5.22. The monoisotopic (exact) mass is 161 g/mol. The lowest BCUT2D eigenvalue weighted by Gasteiger charge is -2.22. The molecule has 3 heteroatoms. The molecule has 1 unspecified atom stereocenters. The lowest BCUT2D eigenvalue weighted by atomic mass is 10.2. The summed E-state index contributed by atoms with van der Waals surface area (Å²) >= 11 is 0. The number of aliphatic hydroxyl groups excluding tert-OH is 2. The van der Waals surface area contributed by atoms with Crippen LogP contribution in [0.1, 0.15) is 19.8 Å². The molecule has 0 fully saturated rings. The highest BCUT2D eigenvalue weighted by Crippen LogP contribution is 1.97. The third kappa shape index (κ3) is 5.18. The van der Waals surface area contributed by atoms with Crippen LogP contribution in [0.3, 0.4) is 0 Å². The Morgan fingerprint density at radius 1 is 1.27 bits per heavy atom. The Kier molecular flexibility index (Phi) is 6.51. The number of hydrogen-bond donors (Lipinski definition) is 2. The maximum atomic E-state index is 8.77. The molecule has 0 aromatic rings. The molecule has 0 aliphatic carbocycles. The molecule has 0 bridgehead atoms. The van der Waals surface area contributed by atoms with E-state index in [-0.39, 0.29) is 19.3 Å². The van der Waals surface area contributed by atoms with E-state index >= 15 is 0 Å². The van der Waals surface area contributed by atoms with Gasteiger partial charge in [0.05, 0.1) is 6.61 Å². The van der Waals surface area contributed by atoms with Crippen molar-refractivity contribution in [3.8, 4) is 0 Å². The molecule has 0 rings (SSSR count). The van der Waals surface area contributed by atoms with Gasteiger partial charge < -0.3 is 15.1 Å². The molecule has 0 aliphatic heterocycles. The minimum Gasteiger partial charge on any atom is -0.396 e. The van der Waals surface area contributed by atoms with E-state index in [4.69, 9.17) is 10.2 Å². The van der Waals surface area contributed by atoms with E-state index in [1.807, 2.05) is 14.0 Å². The van der Waals surface area contributed by atoms with E-state index in [2.05, 4.69) is 4.90 Å². The third-order valence-electron chi connectivity index (χ3n) is 1.94. The molecule has 11 heavy (non-hydrogen) atoms. The summed E-state index contributed by atoms with van der Waals surface area (Å²) in [5, 5.41) is 17.3.